The van der Waals surface area contributed by atoms with Gasteiger partial charge in [0.05, 0.1) is 17.1 Å². The number of carbonyl (C=O) groups excluding carboxylic acids is 1. The summed E-state index contributed by atoms with van der Waals surface area (Å²) in [5.41, 5.74) is 2.63. The molecule has 0 spiro atoms. The van der Waals surface area contributed by atoms with Gasteiger partial charge in [-0.2, -0.15) is 11.3 Å². The van der Waals surface area contributed by atoms with Crippen molar-refractivity contribution in [3.63, 3.8) is 0 Å². The zero-order valence-corrected chi connectivity index (χ0v) is 15.4. The minimum absolute atomic E-state index is 0.0725. The first-order chi connectivity index (χ1) is 12.2. The highest BCUT2D eigenvalue weighted by Crippen LogP contribution is 2.23. The summed E-state index contributed by atoms with van der Waals surface area (Å²) >= 11 is 1.69. The van der Waals surface area contributed by atoms with Crippen molar-refractivity contribution < 1.29 is 4.79 Å². The van der Waals surface area contributed by atoms with Gasteiger partial charge in [0.2, 0.25) is 0 Å². The molecule has 0 aliphatic heterocycles. The van der Waals surface area contributed by atoms with E-state index in [1.165, 1.54) is 5.56 Å². The Labute approximate surface area is 152 Å². The second-order valence-electron chi connectivity index (χ2n) is 5.88. The molecule has 130 valence electrons. The second kappa shape index (κ2) is 8.23. The summed E-state index contributed by atoms with van der Waals surface area (Å²) < 4.78 is 0. The molecule has 4 nitrogen and oxygen atoms in total. The van der Waals surface area contributed by atoms with Crippen LogP contribution in [-0.2, 0) is 0 Å². The lowest BCUT2D eigenvalue weighted by molar-refractivity contribution is 0.0936. The molecule has 0 aliphatic carbocycles. The average Bonchev–Trinajstić information content (AvgIpc) is 3.18. The van der Waals surface area contributed by atoms with Crippen LogP contribution in [0.25, 0.3) is 10.9 Å². The summed E-state index contributed by atoms with van der Waals surface area (Å²) in [7, 11) is 0. The fraction of sp³-hybridized carbons (Fsp3) is 0.300. The molecule has 0 unspecified atom stereocenters. The summed E-state index contributed by atoms with van der Waals surface area (Å²) in [6, 6.07) is 11.9. The fourth-order valence-corrected chi connectivity index (χ4v) is 3.87. The number of amides is 1. The lowest BCUT2D eigenvalue weighted by atomic mass is 10.1. The van der Waals surface area contributed by atoms with E-state index >= 15 is 0 Å². The largest absolute Gasteiger partial charge is 0.350 e. The molecule has 5 heteroatoms. The van der Waals surface area contributed by atoms with Gasteiger partial charge >= 0.3 is 0 Å². The number of benzene rings is 1. The van der Waals surface area contributed by atoms with Crippen LogP contribution in [0.1, 0.15) is 35.8 Å². The van der Waals surface area contributed by atoms with Gasteiger partial charge in [-0.25, -0.2) is 0 Å². The highest BCUT2D eigenvalue weighted by molar-refractivity contribution is 7.07. The number of para-hydroxylation sites is 1. The zero-order chi connectivity index (χ0) is 17.6. The third-order valence-corrected chi connectivity index (χ3v) is 5.22. The molecule has 0 saturated heterocycles. The number of thiophene rings is 1. The van der Waals surface area contributed by atoms with Crippen LogP contribution >= 0.6 is 11.3 Å². The van der Waals surface area contributed by atoms with Crippen LogP contribution in [-0.4, -0.2) is 35.4 Å². The first-order valence-corrected chi connectivity index (χ1v) is 9.57. The topological polar surface area (TPSA) is 45.2 Å². The lowest BCUT2D eigenvalue weighted by Gasteiger charge is -2.29. The van der Waals surface area contributed by atoms with Gasteiger partial charge < -0.3 is 5.32 Å². The van der Waals surface area contributed by atoms with Crippen molar-refractivity contribution in [3.8, 4) is 0 Å². The van der Waals surface area contributed by atoms with Crippen LogP contribution in [0.4, 0.5) is 0 Å². The summed E-state index contributed by atoms with van der Waals surface area (Å²) in [5.74, 6) is -0.0725. The first kappa shape index (κ1) is 17.6. The van der Waals surface area contributed by atoms with E-state index in [1.807, 2.05) is 30.3 Å². The Kier molecular flexibility index (Phi) is 5.79. The van der Waals surface area contributed by atoms with Crippen molar-refractivity contribution in [3.05, 3.63) is 64.5 Å². The number of nitrogens with zero attached hydrogens (tertiary/aromatic N) is 2. The van der Waals surface area contributed by atoms with Crippen molar-refractivity contribution in [1.29, 1.82) is 0 Å². The fourth-order valence-electron chi connectivity index (χ4n) is 3.16. The van der Waals surface area contributed by atoms with Crippen LogP contribution in [0.15, 0.2) is 53.4 Å². The lowest BCUT2D eigenvalue weighted by Crippen LogP contribution is -2.38. The third kappa shape index (κ3) is 3.89. The standard InChI is InChI=1S/C20H23N3OS/c1-3-23(4-2)18(16-10-12-25-14-16)13-22-20(24)17-9-5-7-15-8-6-11-21-19(15)17/h5-12,14,18H,3-4,13H2,1-2H3,(H,22,24)/t18-/m1/s1. The number of pyridine rings is 1. The van der Waals surface area contributed by atoms with E-state index in [0.717, 1.165) is 24.0 Å². The minimum atomic E-state index is -0.0725. The average molecular weight is 353 g/mol. The minimum Gasteiger partial charge on any atom is -0.350 e. The Bertz CT molecular complexity index is 823. The quantitative estimate of drug-likeness (QED) is 0.695. The maximum atomic E-state index is 12.8. The van der Waals surface area contributed by atoms with Crippen LogP contribution in [0, 0.1) is 0 Å². The number of hydrogen-bond acceptors (Lipinski definition) is 4. The van der Waals surface area contributed by atoms with E-state index < -0.39 is 0 Å². The van der Waals surface area contributed by atoms with Gasteiger partial charge in [-0.3, -0.25) is 14.7 Å². The van der Waals surface area contributed by atoms with Crippen LogP contribution in [0.5, 0.6) is 0 Å². The Morgan fingerprint density at radius 1 is 1.20 bits per heavy atom. The Morgan fingerprint density at radius 3 is 2.72 bits per heavy atom. The van der Waals surface area contributed by atoms with Gasteiger partial charge in [-0.05, 0) is 47.6 Å². The van der Waals surface area contributed by atoms with Crippen molar-refractivity contribution in [2.24, 2.45) is 0 Å². The van der Waals surface area contributed by atoms with E-state index in [1.54, 1.807) is 17.5 Å². The zero-order valence-electron chi connectivity index (χ0n) is 14.6. The summed E-state index contributed by atoms with van der Waals surface area (Å²) in [4.78, 5) is 19.5. The molecule has 0 aliphatic rings. The predicted molar refractivity (Wildman–Crippen MR) is 104 cm³/mol. The monoisotopic (exact) mass is 353 g/mol. The number of nitrogens with one attached hydrogen (secondary N) is 1. The molecule has 3 rings (SSSR count). The Hall–Kier alpha value is -2.24. The van der Waals surface area contributed by atoms with E-state index in [2.05, 4.69) is 45.9 Å². The van der Waals surface area contributed by atoms with Gasteiger partial charge in [0.25, 0.3) is 5.91 Å². The van der Waals surface area contributed by atoms with Crippen molar-refractivity contribution in [1.82, 2.24) is 15.2 Å². The normalized spacial score (nSPS) is 12.4. The molecular weight excluding hydrogens is 330 g/mol. The van der Waals surface area contributed by atoms with E-state index in [-0.39, 0.29) is 11.9 Å². The highest BCUT2D eigenvalue weighted by Gasteiger charge is 2.20. The molecule has 3 aromatic rings. The number of aromatic nitrogens is 1. The maximum absolute atomic E-state index is 12.8. The smallest absolute Gasteiger partial charge is 0.253 e. The third-order valence-electron chi connectivity index (χ3n) is 4.51. The molecule has 2 aromatic heterocycles. The number of carbonyl (C=O) groups is 1. The molecule has 0 saturated carbocycles. The maximum Gasteiger partial charge on any atom is 0.253 e. The molecular formula is C20H23N3OS. The van der Waals surface area contributed by atoms with Crippen LogP contribution in [0.3, 0.4) is 0 Å². The molecule has 1 amide bonds. The molecule has 0 bridgehead atoms. The van der Waals surface area contributed by atoms with Gasteiger partial charge in [-0.15, -0.1) is 0 Å². The van der Waals surface area contributed by atoms with Gasteiger partial charge in [-0.1, -0.05) is 32.0 Å². The Balaban J connectivity index is 1.79. The predicted octanol–water partition coefficient (Wildman–Crippen LogP) is 4.11. The molecule has 0 fully saturated rings. The molecule has 2 heterocycles. The van der Waals surface area contributed by atoms with Gasteiger partial charge in [0.1, 0.15) is 0 Å². The number of hydrogen-bond donors (Lipinski definition) is 1. The number of rotatable bonds is 7. The second-order valence-corrected chi connectivity index (χ2v) is 6.66. The molecule has 1 N–H and O–H groups in total. The van der Waals surface area contributed by atoms with Gasteiger partial charge in [0, 0.05) is 18.1 Å². The summed E-state index contributed by atoms with van der Waals surface area (Å²) in [6.07, 6.45) is 1.73. The van der Waals surface area contributed by atoms with Crippen molar-refractivity contribution in [2.45, 2.75) is 19.9 Å². The molecule has 1 atom stereocenters. The number of likely N-dealkylation sites (N-methyl/N-ethyl adjacent to an activating group) is 1. The first-order valence-electron chi connectivity index (χ1n) is 8.62. The number of fused-ring (bicyclic) bond motifs is 1. The van der Waals surface area contributed by atoms with Crippen molar-refractivity contribution in [2.75, 3.05) is 19.6 Å². The van der Waals surface area contributed by atoms with E-state index in [4.69, 9.17) is 0 Å². The van der Waals surface area contributed by atoms with E-state index in [0.29, 0.717) is 12.1 Å². The molecule has 0 radical (unpaired) electrons. The SMILES string of the molecule is CCN(CC)[C@H](CNC(=O)c1cccc2cccnc12)c1ccsc1. The molecule has 25 heavy (non-hydrogen) atoms. The Morgan fingerprint density at radius 2 is 2.00 bits per heavy atom. The molecule has 1 aromatic carbocycles. The van der Waals surface area contributed by atoms with Gasteiger partial charge in [0.15, 0.2) is 0 Å². The summed E-state index contributed by atoms with van der Waals surface area (Å²) in [6.45, 7) is 6.78. The van der Waals surface area contributed by atoms with E-state index in [9.17, 15) is 4.79 Å². The van der Waals surface area contributed by atoms with Crippen LogP contribution < -0.4 is 5.32 Å². The summed E-state index contributed by atoms with van der Waals surface area (Å²) in [5, 5.41) is 8.34. The highest BCUT2D eigenvalue weighted by atomic mass is 32.1. The van der Waals surface area contributed by atoms with Crippen LogP contribution in [0.2, 0.25) is 0 Å². The van der Waals surface area contributed by atoms with Crippen molar-refractivity contribution >= 4 is 28.1 Å².